The van der Waals surface area contributed by atoms with Gasteiger partial charge in [-0.05, 0) is 54.6 Å². The number of Topliss-reactive ketones (excluding diaryl/α,β-unsaturated/α-hetero) is 1. The molecule has 0 N–H and O–H groups in total. The number of pyridine rings is 1. The Kier molecular flexibility index (Phi) is 3.97. The molecule has 0 unspecified atom stereocenters. The molecule has 1 aliphatic rings. The molecule has 1 aliphatic carbocycles. The number of methoxy groups -OCH3 is 1. The van der Waals surface area contributed by atoms with Gasteiger partial charge in [-0.1, -0.05) is 0 Å². The molecule has 0 saturated heterocycles. The predicted octanol–water partition coefficient (Wildman–Crippen LogP) is 3.52. The summed E-state index contributed by atoms with van der Waals surface area (Å²) in [6.45, 7) is 1.70. The highest BCUT2D eigenvalue weighted by atomic mass is 79.9. The van der Waals surface area contributed by atoms with Crippen LogP contribution in [0, 0.1) is 5.92 Å². The van der Waals surface area contributed by atoms with Crippen LogP contribution in [-0.2, 0) is 4.79 Å². The topological polar surface area (TPSA) is 57.0 Å². The summed E-state index contributed by atoms with van der Waals surface area (Å²) in [6, 6.07) is 2.34. The van der Waals surface area contributed by atoms with Crippen molar-refractivity contribution >= 4 is 32.7 Å². The summed E-state index contributed by atoms with van der Waals surface area (Å²) in [5.41, 5.74) is 0.698. The first-order valence-corrected chi connectivity index (χ1v) is 7.97. The molecule has 112 valence electrons. The Labute approximate surface area is 131 Å². The third-order valence-electron chi connectivity index (χ3n) is 4.27. The standard InChI is InChI=1S/C15H18BrN3O2/c1-9(20)10-3-5-12(6-4-10)19-8-11-7-13(16)15(21-2)17-14(11)18-19/h7-8,10,12H,3-6H2,1-2H3. The fraction of sp³-hybridized carbons (Fsp3) is 0.533. The molecule has 2 heterocycles. The van der Waals surface area contributed by atoms with Gasteiger partial charge < -0.3 is 4.74 Å². The summed E-state index contributed by atoms with van der Waals surface area (Å²) in [6.07, 6.45) is 5.94. The number of hydrogen-bond acceptors (Lipinski definition) is 4. The van der Waals surface area contributed by atoms with E-state index in [1.54, 1.807) is 14.0 Å². The average Bonchev–Trinajstić information content (AvgIpc) is 2.89. The highest BCUT2D eigenvalue weighted by molar-refractivity contribution is 9.10. The number of ether oxygens (including phenoxy) is 1. The van der Waals surface area contributed by atoms with E-state index in [2.05, 4.69) is 26.0 Å². The maximum Gasteiger partial charge on any atom is 0.229 e. The van der Waals surface area contributed by atoms with E-state index in [-0.39, 0.29) is 5.92 Å². The van der Waals surface area contributed by atoms with E-state index in [0.29, 0.717) is 23.4 Å². The van der Waals surface area contributed by atoms with Gasteiger partial charge in [-0.2, -0.15) is 10.1 Å². The number of fused-ring (bicyclic) bond motifs is 1. The van der Waals surface area contributed by atoms with Crippen molar-refractivity contribution in [2.24, 2.45) is 5.92 Å². The maximum atomic E-state index is 11.4. The molecule has 21 heavy (non-hydrogen) atoms. The Balaban J connectivity index is 1.83. The van der Waals surface area contributed by atoms with Crippen molar-refractivity contribution in [3.8, 4) is 5.88 Å². The van der Waals surface area contributed by atoms with Gasteiger partial charge in [0, 0.05) is 17.5 Å². The van der Waals surface area contributed by atoms with Crippen molar-refractivity contribution in [1.29, 1.82) is 0 Å². The first-order valence-electron chi connectivity index (χ1n) is 7.18. The summed E-state index contributed by atoms with van der Waals surface area (Å²) >= 11 is 3.44. The minimum atomic E-state index is 0.235. The summed E-state index contributed by atoms with van der Waals surface area (Å²) in [7, 11) is 1.60. The minimum absolute atomic E-state index is 0.235. The molecule has 2 aromatic rings. The molecule has 1 saturated carbocycles. The van der Waals surface area contributed by atoms with Crippen LogP contribution in [0.25, 0.3) is 11.0 Å². The van der Waals surface area contributed by atoms with E-state index >= 15 is 0 Å². The molecule has 2 aromatic heterocycles. The zero-order valence-corrected chi connectivity index (χ0v) is 13.8. The van der Waals surface area contributed by atoms with Crippen LogP contribution >= 0.6 is 15.9 Å². The number of aromatic nitrogens is 3. The third kappa shape index (κ3) is 2.81. The van der Waals surface area contributed by atoms with E-state index in [0.717, 1.165) is 35.5 Å². The zero-order valence-electron chi connectivity index (χ0n) is 12.2. The van der Waals surface area contributed by atoms with E-state index < -0.39 is 0 Å². The van der Waals surface area contributed by atoms with Crippen molar-refractivity contribution in [3.63, 3.8) is 0 Å². The first kappa shape index (κ1) is 14.5. The molecule has 0 aliphatic heterocycles. The Bertz CT molecular complexity index is 675. The quantitative estimate of drug-likeness (QED) is 0.848. The Morgan fingerprint density at radius 2 is 2.10 bits per heavy atom. The Hall–Kier alpha value is -1.43. The van der Waals surface area contributed by atoms with Crippen LogP contribution in [-0.4, -0.2) is 27.7 Å². The van der Waals surface area contributed by atoms with E-state index in [9.17, 15) is 4.79 Å². The predicted molar refractivity (Wildman–Crippen MR) is 83.5 cm³/mol. The van der Waals surface area contributed by atoms with E-state index in [1.807, 2.05) is 16.9 Å². The second-order valence-electron chi connectivity index (χ2n) is 5.62. The second kappa shape index (κ2) is 5.75. The number of rotatable bonds is 3. The summed E-state index contributed by atoms with van der Waals surface area (Å²) in [5, 5.41) is 5.57. The smallest absolute Gasteiger partial charge is 0.229 e. The van der Waals surface area contributed by atoms with Crippen LogP contribution in [0.4, 0.5) is 0 Å². The van der Waals surface area contributed by atoms with Gasteiger partial charge in [0.05, 0.1) is 17.6 Å². The number of halogens is 1. The molecular weight excluding hydrogens is 334 g/mol. The summed E-state index contributed by atoms with van der Waals surface area (Å²) in [5.74, 6) is 1.10. The second-order valence-corrected chi connectivity index (χ2v) is 6.47. The number of ketones is 1. The van der Waals surface area contributed by atoms with Gasteiger partial charge in [0.1, 0.15) is 5.78 Å². The van der Waals surface area contributed by atoms with Gasteiger partial charge in [0.2, 0.25) is 5.88 Å². The lowest BCUT2D eigenvalue weighted by molar-refractivity contribution is -0.121. The minimum Gasteiger partial charge on any atom is -0.480 e. The molecule has 0 radical (unpaired) electrons. The molecule has 0 bridgehead atoms. The number of hydrogen-bond donors (Lipinski definition) is 0. The van der Waals surface area contributed by atoms with Gasteiger partial charge in [-0.15, -0.1) is 0 Å². The number of carbonyl (C=O) groups is 1. The monoisotopic (exact) mass is 351 g/mol. The van der Waals surface area contributed by atoms with Gasteiger partial charge in [-0.25, -0.2) is 0 Å². The van der Waals surface area contributed by atoms with Crippen molar-refractivity contribution in [2.75, 3.05) is 7.11 Å². The van der Waals surface area contributed by atoms with E-state index in [4.69, 9.17) is 4.74 Å². The summed E-state index contributed by atoms with van der Waals surface area (Å²) in [4.78, 5) is 15.8. The van der Waals surface area contributed by atoms with Gasteiger partial charge in [0.15, 0.2) is 5.65 Å². The first-order chi connectivity index (χ1) is 10.1. The van der Waals surface area contributed by atoms with Crippen molar-refractivity contribution in [1.82, 2.24) is 14.8 Å². The molecule has 1 fully saturated rings. The molecule has 0 atom stereocenters. The molecule has 0 spiro atoms. The molecule has 0 aromatic carbocycles. The van der Waals surface area contributed by atoms with Gasteiger partial charge in [-0.3, -0.25) is 9.48 Å². The lowest BCUT2D eigenvalue weighted by atomic mass is 9.84. The van der Waals surface area contributed by atoms with Crippen LogP contribution in [0.2, 0.25) is 0 Å². The van der Waals surface area contributed by atoms with Crippen molar-refractivity contribution in [3.05, 3.63) is 16.7 Å². The molecule has 3 rings (SSSR count). The van der Waals surface area contributed by atoms with Crippen LogP contribution in [0.3, 0.4) is 0 Å². The molecule has 0 amide bonds. The van der Waals surface area contributed by atoms with Crippen LogP contribution in [0.15, 0.2) is 16.7 Å². The van der Waals surface area contributed by atoms with Crippen molar-refractivity contribution < 1.29 is 9.53 Å². The molecule has 5 nitrogen and oxygen atoms in total. The molecule has 6 heteroatoms. The lowest BCUT2D eigenvalue weighted by Gasteiger charge is -2.27. The third-order valence-corrected chi connectivity index (χ3v) is 4.84. The largest absolute Gasteiger partial charge is 0.480 e. The van der Waals surface area contributed by atoms with Crippen LogP contribution in [0.1, 0.15) is 38.6 Å². The highest BCUT2D eigenvalue weighted by Gasteiger charge is 2.25. The molecular formula is C15H18BrN3O2. The Morgan fingerprint density at radius 1 is 1.38 bits per heavy atom. The zero-order chi connectivity index (χ0) is 15.0. The van der Waals surface area contributed by atoms with Gasteiger partial charge >= 0.3 is 0 Å². The number of nitrogens with zero attached hydrogens (tertiary/aromatic N) is 3. The van der Waals surface area contributed by atoms with Gasteiger partial charge in [0.25, 0.3) is 0 Å². The summed E-state index contributed by atoms with van der Waals surface area (Å²) < 4.78 is 8.03. The van der Waals surface area contributed by atoms with Crippen LogP contribution in [0.5, 0.6) is 5.88 Å². The van der Waals surface area contributed by atoms with E-state index in [1.165, 1.54) is 0 Å². The van der Waals surface area contributed by atoms with Crippen molar-refractivity contribution in [2.45, 2.75) is 38.6 Å². The SMILES string of the molecule is COc1nc2nn(C3CCC(C(C)=O)CC3)cc2cc1Br. The Morgan fingerprint density at radius 3 is 2.71 bits per heavy atom. The fourth-order valence-electron chi connectivity index (χ4n) is 3.01. The van der Waals surface area contributed by atoms with Crippen LogP contribution < -0.4 is 4.74 Å². The number of carbonyl (C=O) groups excluding carboxylic acids is 1. The lowest BCUT2D eigenvalue weighted by Crippen LogP contribution is -2.22. The fourth-order valence-corrected chi connectivity index (χ4v) is 3.51. The average molecular weight is 352 g/mol. The normalized spacial score (nSPS) is 22.4. The maximum absolute atomic E-state index is 11.4. The highest BCUT2D eigenvalue weighted by Crippen LogP contribution is 2.34.